The van der Waals surface area contributed by atoms with Gasteiger partial charge in [-0.2, -0.15) is 0 Å². The van der Waals surface area contributed by atoms with Gasteiger partial charge in [0, 0.05) is 16.8 Å². The Morgan fingerprint density at radius 1 is 0.632 bits per heavy atom. The van der Waals surface area contributed by atoms with Crippen molar-refractivity contribution in [3.05, 3.63) is 126 Å². The molecular weight excluding hydrogens is 464 g/mol. The summed E-state index contributed by atoms with van der Waals surface area (Å²) in [5.41, 5.74) is 12.6. The Bertz CT molecular complexity index is 1780. The number of hydrogen-bond acceptors (Lipinski definition) is 2. The molecule has 38 heavy (non-hydrogen) atoms. The Hall–Kier alpha value is -4.63. The molecule has 3 heteroatoms. The molecule has 186 valence electrons. The van der Waals surface area contributed by atoms with E-state index in [1.54, 1.807) is 7.11 Å². The summed E-state index contributed by atoms with van der Waals surface area (Å²) in [6, 6.07) is 38.2. The Labute approximate surface area is 224 Å². The highest BCUT2D eigenvalue weighted by Crippen LogP contribution is 2.42. The molecule has 0 atom stereocenters. The van der Waals surface area contributed by atoms with E-state index in [9.17, 15) is 0 Å². The van der Waals surface area contributed by atoms with Crippen LogP contribution in [0.3, 0.4) is 0 Å². The Morgan fingerprint density at radius 2 is 1.32 bits per heavy atom. The van der Waals surface area contributed by atoms with Crippen LogP contribution in [0.2, 0.25) is 0 Å². The number of rotatable bonds is 5. The molecule has 0 bridgehead atoms. The topological polar surface area (TPSA) is 27.1 Å². The van der Waals surface area contributed by atoms with E-state index < -0.39 is 0 Å². The van der Waals surface area contributed by atoms with E-state index in [4.69, 9.17) is 9.72 Å². The molecule has 0 saturated carbocycles. The van der Waals surface area contributed by atoms with Gasteiger partial charge in [-0.1, -0.05) is 72.8 Å². The zero-order valence-electron chi connectivity index (χ0n) is 22.2. The van der Waals surface area contributed by atoms with Crippen molar-refractivity contribution in [3.63, 3.8) is 0 Å². The van der Waals surface area contributed by atoms with Crippen molar-refractivity contribution in [3.8, 4) is 45.1 Å². The first-order valence-electron chi connectivity index (χ1n) is 12.9. The minimum absolute atomic E-state index is 0.844. The van der Waals surface area contributed by atoms with Gasteiger partial charge < -0.3 is 4.74 Å². The van der Waals surface area contributed by atoms with Crippen LogP contribution < -0.4 is 4.74 Å². The van der Waals surface area contributed by atoms with Gasteiger partial charge in [0.15, 0.2) is 0 Å². The molecule has 0 aliphatic heterocycles. The summed E-state index contributed by atoms with van der Waals surface area (Å²) in [4.78, 5) is 5.07. The average molecular weight is 495 g/mol. The van der Waals surface area contributed by atoms with Crippen LogP contribution in [-0.4, -0.2) is 16.7 Å². The molecule has 6 rings (SSSR count). The van der Waals surface area contributed by atoms with Gasteiger partial charge in [0.1, 0.15) is 11.6 Å². The number of methoxy groups -OCH3 is 1. The molecular formula is C35H30N2O. The maximum absolute atomic E-state index is 6.05. The van der Waals surface area contributed by atoms with E-state index in [2.05, 4.69) is 122 Å². The van der Waals surface area contributed by atoms with Crippen molar-refractivity contribution in [2.75, 3.05) is 7.11 Å². The van der Waals surface area contributed by atoms with Gasteiger partial charge in [-0.3, -0.25) is 4.57 Å². The lowest BCUT2D eigenvalue weighted by atomic mass is 9.88. The largest absolute Gasteiger partial charge is 0.496 e. The Balaban J connectivity index is 1.55. The fraction of sp³-hybridized carbons (Fsp3) is 0.114. The first-order chi connectivity index (χ1) is 18.6. The van der Waals surface area contributed by atoms with Crippen LogP contribution in [0.25, 0.3) is 50.4 Å². The number of imidazole rings is 1. The standard InChI is InChI=1S/C35H30N2O/c1-23-13-8-9-16-28(23)29-17-12-18-30(25(29)3)34-24(2)21-26(22-33(34)38-4)35-36-31-19-10-11-20-32(31)37(35)27-14-6-5-7-15-27/h5-22H,1-4H3. The molecule has 0 N–H and O–H groups in total. The van der Waals surface area contributed by atoms with Crippen molar-refractivity contribution in [1.82, 2.24) is 9.55 Å². The predicted octanol–water partition coefficient (Wildman–Crippen LogP) is 8.96. The van der Waals surface area contributed by atoms with E-state index in [1.807, 2.05) is 12.1 Å². The molecule has 0 amide bonds. The van der Waals surface area contributed by atoms with Gasteiger partial charge in [-0.25, -0.2) is 4.98 Å². The van der Waals surface area contributed by atoms with Gasteiger partial charge in [0.25, 0.3) is 0 Å². The van der Waals surface area contributed by atoms with Crippen LogP contribution in [0.1, 0.15) is 16.7 Å². The minimum atomic E-state index is 0.844. The first kappa shape index (κ1) is 23.7. The second kappa shape index (κ2) is 9.68. The van der Waals surface area contributed by atoms with E-state index in [1.165, 1.54) is 27.8 Å². The van der Waals surface area contributed by atoms with Crippen LogP contribution in [0, 0.1) is 20.8 Å². The molecule has 6 aromatic rings. The SMILES string of the molecule is COc1cc(-c2nc3ccccc3n2-c2ccccc2)cc(C)c1-c1cccc(-c2ccccc2C)c1C. The Kier molecular flexibility index (Phi) is 6.05. The molecule has 3 nitrogen and oxygen atoms in total. The second-order valence-electron chi connectivity index (χ2n) is 9.76. The van der Waals surface area contributed by atoms with E-state index in [0.717, 1.165) is 45.0 Å². The lowest BCUT2D eigenvalue weighted by Crippen LogP contribution is -2.00. The fourth-order valence-corrected chi connectivity index (χ4v) is 5.52. The molecule has 0 radical (unpaired) electrons. The van der Waals surface area contributed by atoms with Gasteiger partial charge in [-0.15, -0.1) is 0 Å². The number of aromatic nitrogens is 2. The van der Waals surface area contributed by atoms with Crippen molar-refractivity contribution in [2.45, 2.75) is 20.8 Å². The van der Waals surface area contributed by atoms with Gasteiger partial charge >= 0.3 is 0 Å². The monoisotopic (exact) mass is 494 g/mol. The summed E-state index contributed by atoms with van der Waals surface area (Å²) in [6.07, 6.45) is 0. The third-order valence-corrected chi connectivity index (χ3v) is 7.39. The quantitative estimate of drug-likeness (QED) is 0.239. The lowest BCUT2D eigenvalue weighted by Gasteiger charge is -2.19. The number of aryl methyl sites for hydroxylation is 2. The number of fused-ring (bicyclic) bond motifs is 1. The van der Waals surface area contributed by atoms with Crippen molar-refractivity contribution < 1.29 is 4.74 Å². The molecule has 0 aliphatic carbocycles. The van der Waals surface area contributed by atoms with Crippen LogP contribution in [0.4, 0.5) is 0 Å². The summed E-state index contributed by atoms with van der Waals surface area (Å²) >= 11 is 0. The highest BCUT2D eigenvalue weighted by Gasteiger charge is 2.20. The first-order valence-corrected chi connectivity index (χ1v) is 12.9. The van der Waals surface area contributed by atoms with Gasteiger partial charge in [0.05, 0.1) is 18.1 Å². The van der Waals surface area contributed by atoms with Crippen molar-refractivity contribution in [2.24, 2.45) is 0 Å². The molecule has 5 aromatic carbocycles. The summed E-state index contributed by atoms with van der Waals surface area (Å²) in [5, 5.41) is 0. The zero-order chi connectivity index (χ0) is 26.2. The maximum atomic E-state index is 6.05. The fourth-order valence-electron chi connectivity index (χ4n) is 5.52. The normalized spacial score (nSPS) is 11.2. The second-order valence-corrected chi connectivity index (χ2v) is 9.76. The summed E-state index contributed by atoms with van der Waals surface area (Å²) in [5.74, 6) is 1.74. The molecule has 0 saturated heterocycles. The van der Waals surface area contributed by atoms with E-state index in [0.29, 0.717) is 0 Å². The molecule has 1 aromatic heterocycles. The molecule has 0 unspecified atom stereocenters. The van der Waals surface area contributed by atoms with Crippen molar-refractivity contribution >= 4 is 11.0 Å². The molecule has 0 spiro atoms. The number of ether oxygens (including phenoxy) is 1. The molecule has 0 fully saturated rings. The highest BCUT2D eigenvalue weighted by atomic mass is 16.5. The third kappa shape index (κ3) is 3.97. The predicted molar refractivity (Wildman–Crippen MR) is 158 cm³/mol. The zero-order valence-corrected chi connectivity index (χ0v) is 22.2. The summed E-state index contributed by atoms with van der Waals surface area (Å²) in [6.45, 7) is 6.54. The summed E-state index contributed by atoms with van der Waals surface area (Å²) in [7, 11) is 1.75. The minimum Gasteiger partial charge on any atom is -0.496 e. The van der Waals surface area contributed by atoms with Gasteiger partial charge in [-0.05, 0) is 90.6 Å². The molecule has 0 aliphatic rings. The van der Waals surface area contributed by atoms with Crippen LogP contribution in [0.15, 0.2) is 109 Å². The number of para-hydroxylation sites is 3. The lowest BCUT2D eigenvalue weighted by molar-refractivity contribution is 0.416. The van der Waals surface area contributed by atoms with Crippen LogP contribution in [0.5, 0.6) is 5.75 Å². The number of benzene rings is 5. The van der Waals surface area contributed by atoms with E-state index in [-0.39, 0.29) is 0 Å². The number of nitrogens with zero attached hydrogens (tertiary/aromatic N) is 2. The van der Waals surface area contributed by atoms with Crippen molar-refractivity contribution in [1.29, 1.82) is 0 Å². The van der Waals surface area contributed by atoms with Crippen LogP contribution >= 0.6 is 0 Å². The van der Waals surface area contributed by atoms with Crippen LogP contribution in [-0.2, 0) is 0 Å². The maximum Gasteiger partial charge on any atom is 0.145 e. The third-order valence-electron chi connectivity index (χ3n) is 7.39. The highest BCUT2D eigenvalue weighted by molar-refractivity contribution is 5.87. The smallest absolute Gasteiger partial charge is 0.145 e. The summed E-state index contributed by atoms with van der Waals surface area (Å²) < 4.78 is 8.28. The molecule has 1 heterocycles. The van der Waals surface area contributed by atoms with E-state index >= 15 is 0 Å². The Morgan fingerprint density at radius 3 is 2.11 bits per heavy atom. The van der Waals surface area contributed by atoms with Gasteiger partial charge in [0.2, 0.25) is 0 Å². The number of hydrogen-bond donors (Lipinski definition) is 0. The average Bonchev–Trinajstić information content (AvgIpc) is 3.34.